The van der Waals surface area contributed by atoms with Crippen molar-refractivity contribution in [1.82, 2.24) is 25.1 Å². The summed E-state index contributed by atoms with van der Waals surface area (Å²) in [5.74, 6) is 2.33. The summed E-state index contributed by atoms with van der Waals surface area (Å²) >= 11 is 5.03. The number of H-pyrrole nitrogens is 3. The van der Waals surface area contributed by atoms with Crippen LogP contribution in [0, 0.1) is 4.77 Å². The summed E-state index contributed by atoms with van der Waals surface area (Å²) in [5.41, 5.74) is 4.90. The van der Waals surface area contributed by atoms with Gasteiger partial charge in [-0.3, -0.25) is 10.2 Å². The van der Waals surface area contributed by atoms with Crippen molar-refractivity contribution in [1.29, 1.82) is 0 Å². The van der Waals surface area contributed by atoms with Gasteiger partial charge >= 0.3 is 0 Å². The zero-order chi connectivity index (χ0) is 19.6. The van der Waals surface area contributed by atoms with Gasteiger partial charge < -0.3 is 9.72 Å². The van der Waals surface area contributed by atoms with Gasteiger partial charge in [0.1, 0.15) is 18.2 Å². The van der Waals surface area contributed by atoms with Crippen molar-refractivity contribution >= 4 is 23.3 Å². The van der Waals surface area contributed by atoms with E-state index in [9.17, 15) is 0 Å². The molecule has 3 aromatic carbocycles. The van der Waals surface area contributed by atoms with E-state index in [4.69, 9.17) is 21.9 Å². The van der Waals surface area contributed by atoms with Gasteiger partial charge in [-0.15, -0.1) is 0 Å². The monoisotopic (exact) mass is 399 g/mol. The van der Waals surface area contributed by atoms with Crippen LogP contribution in [0.1, 0.15) is 5.56 Å². The molecule has 2 heterocycles. The van der Waals surface area contributed by atoms with Gasteiger partial charge in [0.05, 0.1) is 11.0 Å². The number of imidazole rings is 1. The van der Waals surface area contributed by atoms with Gasteiger partial charge in [-0.25, -0.2) is 4.98 Å². The second-order valence-corrected chi connectivity index (χ2v) is 7.02. The Labute approximate surface area is 171 Å². The van der Waals surface area contributed by atoms with Crippen molar-refractivity contribution in [2.24, 2.45) is 0 Å². The number of aromatic nitrogens is 5. The highest BCUT2D eigenvalue weighted by Crippen LogP contribution is 2.26. The minimum Gasteiger partial charge on any atom is -0.489 e. The van der Waals surface area contributed by atoms with E-state index in [2.05, 4.69) is 20.2 Å². The third-order valence-corrected chi connectivity index (χ3v) is 4.83. The van der Waals surface area contributed by atoms with E-state index in [1.165, 1.54) is 0 Å². The lowest BCUT2D eigenvalue weighted by atomic mass is 10.2. The van der Waals surface area contributed by atoms with Gasteiger partial charge in [0.15, 0.2) is 5.82 Å². The summed E-state index contributed by atoms with van der Waals surface area (Å²) in [6.07, 6.45) is 0. The van der Waals surface area contributed by atoms with Crippen LogP contribution in [0.2, 0.25) is 0 Å². The van der Waals surface area contributed by atoms with Crippen LogP contribution in [-0.4, -0.2) is 25.1 Å². The molecule has 0 atom stereocenters. The molecular formula is C22H17N5OS. The maximum atomic E-state index is 5.86. The summed E-state index contributed by atoms with van der Waals surface area (Å²) in [5, 5.41) is 5.78. The first-order chi connectivity index (χ1) is 14.2. The molecule has 0 aliphatic rings. The third kappa shape index (κ3) is 3.68. The Morgan fingerprint density at radius 2 is 1.59 bits per heavy atom. The maximum Gasteiger partial charge on any atom is 0.213 e. The molecule has 0 spiro atoms. The molecule has 0 unspecified atom stereocenters. The third-order valence-electron chi connectivity index (χ3n) is 4.63. The van der Waals surface area contributed by atoms with E-state index < -0.39 is 0 Å². The number of fused-ring (bicyclic) bond motifs is 1. The van der Waals surface area contributed by atoms with Crippen molar-refractivity contribution < 1.29 is 4.74 Å². The molecule has 29 heavy (non-hydrogen) atoms. The molecule has 3 N–H and O–H groups in total. The van der Waals surface area contributed by atoms with E-state index in [1.807, 2.05) is 72.8 Å². The highest BCUT2D eigenvalue weighted by molar-refractivity contribution is 7.71. The Hall–Kier alpha value is -3.71. The van der Waals surface area contributed by atoms with Gasteiger partial charge in [-0.1, -0.05) is 30.3 Å². The van der Waals surface area contributed by atoms with E-state index in [-0.39, 0.29) is 0 Å². The molecule has 5 rings (SSSR count). The fraction of sp³-hybridized carbons (Fsp3) is 0.0455. The van der Waals surface area contributed by atoms with Gasteiger partial charge in [-0.2, -0.15) is 4.98 Å². The minimum atomic E-state index is 0.431. The van der Waals surface area contributed by atoms with E-state index >= 15 is 0 Å². The number of ether oxygens (including phenoxy) is 1. The van der Waals surface area contributed by atoms with Crippen molar-refractivity contribution in [3.63, 3.8) is 0 Å². The van der Waals surface area contributed by atoms with Crippen LogP contribution in [-0.2, 0) is 6.61 Å². The summed E-state index contributed by atoms with van der Waals surface area (Å²) in [7, 11) is 0. The van der Waals surface area contributed by atoms with Crippen LogP contribution in [0.3, 0.4) is 0 Å². The molecule has 0 aliphatic heterocycles. The molecular weight excluding hydrogens is 382 g/mol. The molecule has 0 radical (unpaired) electrons. The summed E-state index contributed by atoms with van der Waals surface area (Å²) < 4.78 is 6.29. The van der Waals surface area contributed by atoms with Gasteiger partial charge in [0.25, 0.3) is 0 Å². The first kappa shape index (κ1) is 17.4. The number of nitrogens with one attached hydrogen (secondary N) is 3. The van der Waals surface area contributed by atoms with Crippen LogP contribution in [0.4, 0.5) is 0 Å². The predicted molar refractivity (Wildman–Crippen MR) is 115 cm³/mol. The number of hydrogen-bond donors (Lipinski definition) is 3. The topological polar surface area (TPSA) is 82.4 Å². The lowest BCUT2D eigenvalue weighted by Gasteiger charge is -2.06. The second kappa shape index (κ2) is 7.37. The Morgan fingerprint density at radius 1 is 0.793 bits per heavy atom. The van der Waals surface area contributed by atoms with Gasteiger partial charge in [0, 0.05) is 11.1 Å². The average molecular weight is 399 g/mol. The normalized spacial score (nSPS) is 11.0. The zero-order valence-corrected chi connectivity index (χ0v) is 16.2. The fourth-order valence-corrected chi connectivity index (χ4v) is 3.29. The molecule has 0 fully saturated rings. The molecule has 0 aliphatic carbocycles. The lowest BCUT2D eigenvalue weighted by Crippen LogP contribution is -1.94. The summed E-state index contributed by atoms with van der Waals surface area (Å²) in [6, 6.07) is 24.0. The van der Waals surface area contributed by atoms with E-state index in [0.717, 1.165) is 39.3 Å². The highest BCUT2D eigenvalue weighted by Gasteiger charge is 2.08. The first-order valence-electron chi connectivity index (χ1n) is 9.16. The van der Waals surface area contributed by atoms with Crippen molar-refractivity contribution in [3.8, 4) is 28.5 Å². The standard InChI is InChI=1S/C22H17N5OS/c29-22-25-21(26-27-22)16-8-11-18-19(12-16)24-20(23-18)15-6-9-17(10-7-15)28-13-14-4-2-1-3-5-14/h1-12H,13H2,(H,23,24)(H2,25,26,27,29). The van der Waals surface area contributed by atoms with Crippen molar-refractivity contribution in [2.75, 3.05) is 0 Å². The van der Waals surface area contributed by atoms with Crippen LogP contribution in [0.25, 0.3) is 33.8 Å². The summed E-state index contributed by atoms with van der Waals surface area (Å²) in [6.45, 7) is 0.545. The molecule has 2 aromatic heterocycles. The quantitative estimate of drug-likeness (QED) is 0.352. The fourth-order valence-electron chi connectivity index (χ4n) is 3.15. The molecule has 7 heteroatoms. The van der Waals surface area contributed by atoms with Crippen molar-refractivity contribution in [3.05, 3.63) is 83.1 Å². The largest absolute Gasteiger partial charge is 0.489 e. The molecule has 0 saturated heterocycles. The molecule has 0 saturated carbocycles. The molecule has 6 nitrogen and oxygen atoms in total. The number of hydrogen-bond acceptors (Lipinski definition) is 4. The molecule has 5 aromatic rings. The first-order valence-corrected chi connectivity index (χ1v) is 9.57. The highest BCUT2D eigenvalue weighted by atomic mass is 32.1. The van der Waals surface area contributed by atoms with E-state index in [1.54, 1.807) is 0 Å². The van der Waals surface area contributed by atoms with Crippen LogP contribution < -0.4 is 4.74 Å². The molecule has 142 valence electrons. The van der Waals surface area contributed by atoms with Crippen LogP contribution in [0.5, 0.6) is 5.75 Å². The van der Waals surface area contributed by atoms with Gasteiger partial charge in [0.2, 0.25) is 4.77 Å². The van der Waals surface area contributed by atoms with Gasteiger partial charge in [-0.05, 0) is 60.2 Å². The second-order valence-electron chi connectivity index (χ2n) is 6.63. The minimum absolute atomic E-state index is 0.431. The summed E-state index contributed by atoms with van der Waals surface area (Å²) in [4.78, 5) is 12.3. The smallest absolute Gasteiger partial charge is 0.213 e. The zero-order valence-electron chi connectivity index (χ0n) is 15.3. The Kier molecular flexibility index (Phi) is 4.42. The predicted octanol–water partition coefficient (Wildman–Crippen LogP) is 5.26. The molecule has 0 bridgehead atoms. The van der Waals surface area contributed by atoms with Crippen molar-refractivity contribution in [2.45, 2.75) is 6.61 Å². The average Bonchev–Trinajstić information content (AvgIpc) is 3.39. The van der Waals surface area contributed by atoms with Crippen LogP contribution in [0.15, 0.2) is 72.8 Å². The Bertz CT molecular complexity index is 1320. The number of aromatic amines is 3. The lowest BCUT2D eigenvalue weighted by molar-refractivity contribution is 0.306. The van der Waals surface area contributed by atoms with E-state index in [0.29, 0.717) is 17.2 Å². The Morgan fingerprint density at radius 3 is 2.34 bits per heavy atom. The Balaban J connectivity index is 1.36. The van der Waals surface area contributed by atoms with Crippen LogP contribution >= 0.6 is 12.2 Å². The number of nitrogens with zero attached hydrogens (tertiary/aromatic N) is 2. The molecule has 0 amide bonds. The maximum absolute atomic E-state index is 5.86. The number of benzene rings is 3. The number of rotatable bonds is 5. The SMILES string of the molecule is S=c1nc(-c2ccc3nc(-c4ccc(OCc5ccccc5)cc4)[nH]c3c2)[nH][nH]1.